The molecule has 146 valence electrons. The van der Waals surface area contributed by atoms with Gasteiger partial charge in [-0.05, 0) is 41.0 Å². The molecule has 3 rings (SSSR count). The molecule has 27 heavy (non-hydrogen) atoms. The monoisotopic (exact) mass is 410 g/mol. The van der Waals surface area contributed by atoms with E-state index in [1.165, 1.54) is 16.1 Å². The predicted octanol–water partition coefficient (Wildman–Crippen LogP) is 0.793. The van der Waals surface area contributed by atoms with Gasteiger partial charge in [0.05, 0.1) is 4.90 Å². The Kier molecular flexibility index (Phi) is 6.45. The molecule has 1 amide bonds. The number of benzene rings is 1. The van der Waals surface area contributed by atoms with E-state index in [1.54, 1.807) is 36.0 Å². The van der Waals surface area contributed by atoms with Crippen LogP contribution in [0, 0.1) is 0 Å². The summed E-state index contributed by atoms with van der Waals surface area (Å²) in [7, 11) is -1.65. The van der Waals surface area contributed by atoms with Crippen LogP contribution < -0.4 is 5.32 Å². The Balaban J connectivity index is 1.45. The van der Waals surface area contributed by atoms with E-state index in [4.69, 9.17) is 0 Å². The van der Waals surface area contributed by atoms with E-state index in [-0.39, 0.29) is 5.91 Å². The van der Waals surface area contributed by atoms with Crippen molar-refractivity contribution in [3.05, 3.63) is 29.8 Å². The molecule has 2 aromatic rings. The summed E-state index contributed by atoms with van der Waals surface area (Å²) in [6, 6.07) is 6.69. The molecule has 2 heterocycles. The Morgan fingerprint density at radius 1 is 1.22 bits per heavy atom. The van der Waals surface area contributed by atoms with Gasteiger partial charge in [-0.25, -0.2) is 13.1 Å². The first-order valence-corrected chi connectivity index (χ1v) is 11.1. The van der Waals surface area contributed by atoms with Crippen molar-refractivity contribution in [1.29, 1.82) is 0 Å². The number of carbonyl (C=O) groups is 1. The van der Waals surface area contributed by atoms with Gasteiger partial charge in [-0.1, -0.05) is 23.9 Å². The van der Waals surface area contributed by atoms with Gasteiger partial charge >= 0.3 is 0 Å². The van der Waals surface area contributed by atoms with Crippen LogP contribution in [0.5, 0.6) is 0 Å². The molecule has 9 nitrogen and oxygen atoms in total. The van der Waals surface area contributed by atoms with Crippen molar-refractivity contribution in [2.45, 2.75) is 35.9 Å². The van der Waals surface area contributed by atoms with Crippen molar-refractivity contribution in [1.82, 2.24) is 29.8 Å². The van der Waals surface area contributed by atoms with Gasteiger partial charge in [0, 0.05) is 38.9 Å². The van der Waals surface area contributed by atoms with E-state index < -0.39 is 10.0 Å². The molecule has 1 aliphatic heterocycles. The number of rotatable bonds is 8. The Morgan fingerprint density at radius 3 is 2.56 bits per heavy atom. The lowest BCUT2D eigenvalue weighted by molar-refractivity contribution is -0.120. The standard InChI is InChI=1S/C16H22N6O3S2/c1-21-16(18-19-20-21)26-11-8-15(23)17-12-13-4-6-14(7-5-13)27(24,25)22-9-2-3-10-22/h4-7H,2-3,8-12H2,1H3,(H,17,23). The number of amides is 1. The van der Waals surface area contributed by atoms with E-state index >= 15 is 0 Å². The molecule has 0 aliphatic carbocycles. The molecule has 0 saturated carbocycles. The summed E-state index contributed by atoms with van der Waals surface area (Å²) in [6.45, 7) is 1.53. The Labute approximate surface area is 162 Å². The van der Waals surface area contributed by atoms with E-state index in [0.29, 0.717) is 41.9 Å². The van der Waals surface area contributed by atoms with Crippen LogP contribution in [0.2, 0.25) is 0 Å². The van der Waals surface area contributed by atoms with Crippen LogP contribution in [0.4, 0.5) is 0 Å². The van der Waals surface area contributed by atoms with E-state index in [0.717, 1.165) is 18.4 Å². The largest absolute Gasteiger partial charge is 0.352 e. The number of nitrogens with one attached hydrogen (secondary N) is 1. The minimum Gasteiger partial charge on any atom is -0.352 e. The van der Waals surface area contributed by atoms with Crippen LogP contribution in [0.15, 0.2) is 34.3 Å². The lowest BCUT2D eigenvalue weighted by Crippen LogP contribution is -2.28. The molecule has 1 aliphatic rings. The summed E-state index contributed by atoms with van der Waals surface area (Å²) < 4.78 is 28.1. The number of hydrogen-bond acceptors (Lipinski definition) is 7. The van der Waals surface area contributed by atoms with E-state index in [9.17, 15) is 13.2 Å². The highest BCUT2D eigenvalue weighted by Gasteiger charge is 2.26. The van der Waals surface area contributed by atoms with Crippen LogP contribution in [-0.4, -0.2) is 57.7 Å². The highest BCUT2D eigenvalue weighted by molar-refractivity contribution is 7.99. The van der Waals surface area contributed by atoms with Gasteiger partial charge in [-0.15, -0.1) is 5.10 Å². The number of nitrogens with zero attached hydrogens (tertiary/aromatic N) is 5. The normalized spacial score (nSPS) is 15.1. The van der Waals surface area contributed by atoms with Crippen molar-refractivity contribution in [3.8, 4) is 0 Å². The SMILES string of the molecule is Cn1nnnc1SCCC(=O)NCc1ccc(S(=O)(=O)N2CCCC2)cc1. The smallest absolute Gasteiger partial charge is 0.243 e. The molecule has 1 saturated heterocycles. The van der Waals surface area contributed by atoms with Gasteiger partial charge in [-0.3, -0.25) is 4.79 Å². The van der Waals surface area contributed by atoms with Crippen molar-refractivity contribution < 1.29 is 13.2 Å². The summed E-state index contributed by atoms with van der Waals surface area (Å²) in [6.07, 6.45) is 2.17. The Morgan fingerprint density at radius 2 is 1.93 bits per heavy atom. The second-order valence-corrected chi connectivity index (χ2v) is 9.22. The number of tetrazole rings is 1. The van der Waals surface area contributed by atoms with E-state index in [2.05, 4.69) is 20.8 Å². The summed E-state index contributed by atoms with van der Waals surface area (Å²) in [4.78, 5) is 12.2. The van der Waals surface area contributed by atoms with Crippen LogP contribution >= 0.6 is 11.8 Å². The maximum absolute atomic E-state index is 12.5. The van der Waals surface area contributed by atoms with Crippen molar-refractivity contribution in [2.24, 2.45) is 7.05 Å². The average molecular weight is 411 g/mol. The Hall–Kier alpha value is -1.98. The summed E-state index contributed by atoms with van der Waals surface area (Å²) in [5.41, 5.74) is 0.855. The molecule has 11 heteroatoms. The fraction of sp³-hybridized carbons (Fsp3) is 0.500. The summed E-state index contributed by atoms with van der Waals surface area (Å²) in [5.74, 6) is 0.499. The maximum atomic E-state index is 12.5. The third-order valence-electron chi connectivity index (χ3n) is 4.26. The van der Waals surface area contributed by atoms with Crippen molar-refractivity contribution >= 4 is 27.7 Å². The first-order valence-electron chi connectivity index (χ1n) is 8.68. The molecule has 0 radical (unpaired) electrons. The van der Waals surface area contributed by atoms with Crippen LogP contribution in [0.1, 0.15) is 24.8 Å². The fourth-order valence-electron chi connectivity index (χ4n) is 2.72. The van der Waals surface area contributed by atoms with Gasteiger partial charge in [0.1, 0.15) is 0 Å². The molecule has 0 bridgehead atoms. The quantitative estimate of drug-likeness (QED) is 0.641. The zero-order valence-electron chi connectivity index (χ0n) is 15.0. The van der Waals surface area contributed by atoms with Crippen LogP contribution in [0.25, 0.3) is 0 Å². The number of sulfonamides is 1. The molecular formula is C16H22N6O3S2. The third-order valence-corrected chi connectivity index (χ3v) is 7.18. The number of aromatic nitrogens is 4. The zero-order chi connectivity index (χ0) is 19.3. The summed E-state index contributed by atoms with van der Waals surface area (Å²) >= 11 is 1.42. The van der Waals surface area contributed by atoms with Crippen molar-refractivity contribution in [2.75, 3.05) is 18.8 Å². The third kappa shape index (κ3) is 5.05. The maximum Gasteiger partial charge on any atom is 0.243 e. The number of thioether (sulfide) groups is 1. The van der Waals surface area contributed by atoms with Crippen LogP contribution in [-0.2, 0) is 28.4 Å². The average Bonchev–Trinajstić information content (AvgIpc) is 3.33. The molecule has 1 aromatic heterocycles. The first kappa shape index (κ1) is 19.8. The molecule has 1 N–H and O–H groups in total. The number of carbonyl (C=O) groups excluding carboxylic acids is 1. The lowest BCUT2D eigenvalue weighted by atomic mass is 10.2. The Bertz CT molecular complexity index is 876. The fourth-order valence-corrected chi connectivity index (χ4v) is 5.03. The number of hydrogen-bond donors (Lipinski definition) is 1. The first-order chi connectivity index (χ1) is 13.0. The second-order valence-electron chi connectivity index (χ2n) is 6.22. The highest BCUT2D eigenvalue weighted by Crippen LogP contribution is 2.21. The van der Waals surface area contributed by atoms with E-state index in [1.807, 2.05) is 0 Å². The van der Waals surface area contributed by atoms with Crippen LogP contribution in [0.3, 0.4) is 0 Å². The van der Waals surface area contributed by atoms with Gasteiger partial charge in [0.25, 0.3) is 0 Å². The molecular weight excluding hydrogens is 388 g/mol. The molecule has 1 aromatic carbocycles. The predicted molar refractivity (Wildman–Crippen MR) is 100 cm³/mol. The minimum absolute atomic E-state index is 0.0774. The van der Waals surface area contributed by atoms with Gasteiger partial charge in [-0.2, -0.15) is 4.31 Å². The topological polar surface area (TPSA) is 110 Å². The molecule has 1 fully saturated rings. The molecule has 0 spiro atoms. The van der Waals surface area contributed by atoms with Gasteiger partial charge in [0.2, 0.25) is 21.1 Å². The highest BCUT2D eigenvalue weighted by atomic mass is 32.2. The van der Waals surface area contributed by atoms with Crippen molar-refractivity contribution in [3.63, 3.8) is 0 Å². The number of aryl methyl sites for hydroxylation is 1. The minimum atomic E-state index is -3.40. The zero-order valence-corrected chi connectivity index (χ0v) is 16.7. The van der Waals surface area contributed by atoms with Gasteiger partial charge < -0.3 is 5.32 Å². The second kappa shape index (κ2) is 8.81. The lowest BCUT2D eigenvalue weighted by Gasteiger charge is -2.15. The van der Waals surface area contributed by atoms with Gasteiger partial charge in [0.15, 0.2) is 0 Å². The molecule has 0 unspecified atom stereocenters. The molecule has 0 atom stereocenters. The summed E-state index contributed by atoms with van der Waals surface area (Å²) in [5, 5.41) is 14.6.